The van der Waals surface area contributed by atoms with E-state index in [2.05, 4.69) is 43.0 Å². The molecule has 1 aliphatic heterocycles. The summed E-state index contributed by atoms with van der Waals surface area (Å²) in [6, 6.07) is 26.3. The molecule has 0 aliphatic carbocycles. The third-order valence-corrected chi connectivity index (χ3v) is 9.63. The number of alkyl carbamates (subject to hydrolysis) is 1. The molecule has 12 nitrogen and oxygen atoms in total. The van der Waals surface area contributed by atoms with Gasteiger partial charge in [0.15, 0.2) is 10.8 Å². The lowest BCUT2D eigenvalue weighted by molar-refractivity contribution is -0.118. The molecular formula is C36H40N8O4S. The van der Waals surface area contributed by atoms with Gasteiger partial charge in [0.25, 0.3) is 0 Å². The van der Waals surface area contributed by atoms with Crippen LogP contribution in [0.3, 0.4) is 0 Å². The van der Waals surface area contributed by atoms with E-state index in [1.807, 2.05) is 84.9 Å². The molecule has 5 aromatic rings. The van der Waals surface area contributed by atoms with Crippen molar-refractivity contribution in [2.45, 2.75) is 55.1 Å². The van der Waals surface area contributed by atoms with Gasteiger partial charge < -0.3 is 31.2 Å². The average Bonchev–Trinajstić information content (AvgIpc) is 3.61. The summed E-state index contributed by atoms with van der Waals surface area (Å²) in [5.41, 5.74) is 10.1. The highest BCUT2D eigenvalue weighted by atomic mass is 32.2. The highest BCUT2D eigenvalue weighted by Gasteiger charge is 2.33. The van der Waals surface area contributed by atoms with Gasteiger partial charge in [0.2, 0.25) is 5.91 Å². The Kier molecular flexibility index (Phi) is 11.0. The Morgan fingerprint density at radius 3 is 2.43 bits per heavy atom. The van der Waals surface area contributed by atoms with Gasteiger partial charge in [-0.3, -0.25) is 9.89 Å². The number of aryl methyl sites for hydroxylation is 1. The van der Waals surface area contributed by atoms with E-state index in [0.29, 0.717) is 46.4 Å². The summed E-state index contributed by atoms with van der Waals surface area (Å²) in [6.07, 6.45) is 2.22. The van der Waals surface area contributed by atoms with E-state index in [1.165, 1.54) is 18.9 Å². The minimum absolute atomic E-state index is 0.0408. The fourth-order valence-corrected chi connectivity index (χ4v) is 7.04. The lowest BCUT2D eigenvalue weighted by Crippen LogP contribution is -2.52. The van der Waals surface area contributed by atoms with Crippen LogP contribution in [0, 0.1) is 0 Å². The second-order valence-corrected chi connectivity index (χ2v) is 12.9. The number of H-pyrrole nitrogens is 1. The average molecular weight is 681 g/mol. The molecule has 6 rings (SSSR count). The monoisotopic (exact) mass is 680 g/mol. The zero-order chi connectivity index (χ0) is 34.2. The second-order valence-electron chi connectivity index (χ2n) is 11.9. The van der Waals surface area contributed by atoms with E-state index < -0.39 is 18.1 Å². The van der Waals surface area contributed by atoms with Gasteiger partial charge >= 0.3 is 6.09 Å². The SMILES string of the molecule is COC(=O)NC(C(=O)Nc1ccccc1CC[C@@H]1CN[C@H](C)[C@@H](CSc2nc(N)c3cn[nH]c3n2)O1)C(c1ccccc1)c1ccccc1. The summed E-state index contributed by atoms with van der Waals surface area (Å²) in [7, 11) is 1.29. The third-order valence-electron chi connectivity index (χ3n) is 8.69. The number of ether oxygens (including phenoxy) is 2. The van der Waals surface area contributed by atoms with Crippen molar-refractivity contribution in [2.24, 2.45) is 0 Å². The molecule has 4 atom stereocenters. The lowest BCUT2D eigenvalue weighted by Gasteiger charge is -2.36. The first kappa shape index (κ1) is 33.9. The maximum Gasteiger partial charge on any atom is 0.407 e. The van der Waals surface area contributed by atoms with Crippen molar-refractivity contribution in [3.63, 3.8) is 0 Å². The Morgan fingerprint density at radius 1 is 1.02 bits per heavy atom. The van der Waals surface area contributed by atoms with E-state index in [-0.39, 0.29) is 24.2 Å². The number of nitrogens with one attached hydrogen (secondary N) is 4. The van der Waals surface area contributed by atoms with Crippen LogP contribution >= 0.6 is 11.8 Å². The number of para-hydroxylation sites is 1. The zero-order valence-corrected chi connectivity index (χ0v) is 28.2. The summed E-state index contributed by atoms with van der Waals surface area (Å²) in [6.45, 7) is 2.82. The number of fused-ring (bicyclic) bond motifs is 1. The fourth-order valence-electron chi connectivity index (χ4n) is 6.04. The van der Waals surface area contributed by atoms with E-state index >= 15 is 0 Å². The van der Waals surface area contributed by atoms with Crippen LogP contribution < -0.4 is 21.7 Å². The second kappa shape index (κ2) is 15.9. The number of nitrogens with zero attached hydrogens (tertiary/aromatic N) is 3. The minimum atomic E-state index is -0.954. The number of morpholine rings is 1. The summed E-state index contributed by atoms with van der Waals surface area (Å²) >= 11 is 1.49. The standard InChI is InChI=1S/C36H40N8O4S/c1-22-29(21-49-35-42-32(37)27-20-39-44-33(27)43-35)48-26(19-38-22)18-17-23-11-9-10-16-28(23)40-34(45)31(41-36(46)47-2)30(24-12-5-3-6-13-24)25-14-7-4-8-15-25/h3-16,20,22,26,29-31,38H,17-19,21H2,1-2H3,(H,40,45)(H,41,46)(H3,37,39,42,43,44)/t22-,26-,29-,31?/m1/s1. The van der Waals surface area contributed by atoms with Crippen LogP contribution in [0.2, 0.25) is 0 Å². The van der Waals surface area contributed by atoms with E-state index in [4.69, 9.17) is 15.2 Å². The van der Waals surface area contributed by atoms with E-state index in [1.54, 1.807) is 6.20 Å². The van der Waals surface area contributed by atoms with Crippen LogP contribution in [-0.2, 0) is 20.7 Å². The van der Waals surface area contributed by atoms with Gasteiger partial charge in [-0.15, -0.1) is 0 Å². The summed E-state index contributed by atoms with van der Waals surface area (Å²) < 4.78 is 11.5. The number of anilines is 2. The van der Waals surface area contributed by atoms with Crippen LogP contribution in [-0.4, -0.2) is 75.9 Å². The highest BCUT2D eigenvalue weighted by Crippen LogP contribution is 2.30. The van der Waals surface area contributed by atoms with Crippen molar-refractivity contribution in [3.05, 3.63) is 108 Å². The van der Waals surface area contributed by atoms with Crippen LogP contribution in [0.4, 0.5) is 16.3 Å². The molecule has 0 radical (unpaired) electrons. The number of hydrogen-bond donors (Lipinski definition) is 5. The largest absolute Gasteiger partial charge is 0.453 e. The molecule has 1 aliphatic rings. The molecular weight excluding hydrogens is 641 g/mol. The molecule has 3 aromatic carbocycles. The Labute approximate surface area is 289 Å². The molecule has 2 aromatic heterocycles. The molecule has 0 saturated carbocycles. The van der Waals surface area contributed by atoms with Gasteiger partial charge in [0, 0.05) is 29.9 Å². The number of carbonyl (C=O) groups excluding carboxylic acids is 2. The number of aromatic nitrogens is 4. The first-order valence-corrected chi connectivity index (χ1v) is 17.2. The van der Waals surface area contributed by atoms with Crippen LogP contribution in [0.15, 0.2) is 96.3 Å². The fraction of sp³-hybridized carbons (Fsp3) is 0.306. The number of nitrogens with two attached hydrogens (primary N) is 1. The van der Waals surface area contributed by atoms with Crippen LogP contribution in [0.1, 0.15) is 36.0 Å². The number of aromatic amines is 1. The zero-order valence-electron chi connectivity index (χ0n) is 27.3. The van der Waals surface area contributed by atoms with Crippen LogP contribution in [0.25, 0.3) is 11.0 Å². The van der Waals surface area contributed by atoms with Gasteiger partial charge in [-0.05, 0) is 42.5 Å². The van der Waals surface area contributed by atoms with Crippen LogP contribution in [0.5, 0.6) is 0 Å². The molecule has 49 heavy (non-hydrogen) atoms. The van der Waals surface area contributed by atoms with Crippen molar-refractivity contribution in [2.75, 3.05) is 30.5 Å². The van der Waals surface area contributed by atoms with Crippen molar-refractivity contribution in [1.29, 1.82) is 0 Å². The maximum absolute atomic E-state index is 14.1. The molecule has 1 fully saturated rings. The number of benzene rings is 3. The topological polar surface area (TPSA) is 169 Å². The van der Waals surface area contributed by atoms with Crippen molar-refractivity contribution >= 4 is 46.3 Å². The van der Waals surface area contributed by atoms with Gasteiger partial charge in [-0.2, -0.15) is 5.10 Å². The van der Waals surface area contributed by atoms with Crippen molar-refractivity contribution in [1.82, 2.24) is 30.8 Å². The molecule has 1 saturated heterocycles. The lowest BCUT2D eigenvalue weighted by atomic mass is 9.84. The van der Waals surface area contributed by atoms with Gasteiger partial charge in [0.1, 0.15) is 11.9 Å². The Hall–Kier alpha value is -4.98. The van der Waals surface area contributed by atoms with E-state index in [0.717, 1.165) is 23.1 Å². The smallest absolute Gasteiger partial charge is 0.407 e. The van der Waals surface area contributed by atoms with Gasteiger partial charge in [-0.1, -0.05) is 90.6 Å². The summed E-state index contributed by atoms with van der Waals surface area (Å²) in [4.78, 5) is 35.6. The molecule has 0 spiro atoms. The molecule has 3 heterocycles. The number of amides is 2. The predicted octanol–water partition coefficient (Wildman–Crippen LogP) is 4.90. The number of methoxy groups -OCH3 is 1. The number of hydrogen-bond acceptors (Lipinski definition) is 10. The Bertz CT molecular complexity index is 1820. The maximum atomic E-state index is 14.1. The first-order valence-electron chi connectivity index (χ1n) is 16.2. The number of thioether (sulfide) groups is 1. The molecule has 6 N–H and O–H groups in total. The molecule has 2 amide bonds. The quantitative estimate of drug-likeness (QED) is 0.0903. The van der Waals surface area contributed by atoms with Gasteiger partial charge in [-0.25, -0.2) is 14.8 Å². The van der Waals surface area contributed by atoms with Gasteiger partial charge in [0.05, 0.1) is 30.9 Å². The molecule has 1 unspecified atom stereocenters. The molecule has 254 valence electrons. The number of nitrogen functional groups attached to an aromatic ring is 1. The van der Waals surface area contributed by atoms with Crippen molar-refractivity contribution in [3.8, 4) is 0 Å². The molecule has 0 bridgehead atoms. The highest BCUT2D eigenvalue weighted by molar-refractivity contribution is 7.99. The normalized spacial score (nSPS) is 18.2. The summed E-state index contributed by atoms with van der Waals surface area (Å²) in [5.74, 6) is 0.224. The third kappa shape index (κ3) is 8.37. The van der Waals surface area contributed by atoms with Crippen molar-refractivity contribution < 1.29 is 19.1 Å². The number of carbonyl (C=O) groups is 2. The first-order chi connectivity index (χ1) is 23.9. The predicted molar refractivity (Wildman–Crippen MR) is 190 cm³/mol. The number of rotatable bonds is 12. The Morgan fingerprint density at radius 2 is 1.71 bits per heavy atom. The summed E-state index contributed by atoms with van der Waals surface area (Å²) in [5, 5.41) is 17.6. The van der Waals surface area contributed by atoms with E-state index in [9.17, 15) is 9.59 Å². The Balaban J connectivity index is 1.13. The molecule has 13 heteroatoms. The minimum Gasteiger partial charge on any atom is -0.453 e.